The average Bonchev–Trinajstić information content (AvgIpc) is 3.40. The number of nitrogens with one attached hydrogen (secondary N) is 1. The first-order valence-corrected chi connectivity index (χ1v) is 13.4. The summed E-state index contributed by atoms with van der Waals surface area (Å²) in [5.41, 5.74) is 5.95. The fraction of sp³-hybridized carbons (Fsp3) is 0.467. The van der Waals surface area contributed by atoms with E-state index < -0.39 is 12.1 Å². The highest BCUT2D eigenvalue weighted by molar-refractivity contribution is 5.87. The minimum atomic E-state index is -0.494. The second-order valence-corrected chi connectivity index (χ2v) is 11.1. The van der Waals surface area contributed by atoms with Crippen LogP contribution < -0.4 is 14.8 Å². The van der Waals surface area contributed by atoms with Gasteiger partial charge < -0.3 is 25.0 Å². The molecule has 4 aliphatic heterocycles. The summed E-state index contributed by atoms with van der Waals surface area (Å²) in [4.78, 5) is 17.0. The number of aryl methyl sites for hydroxylation is 1. The maximum Gasteiger partial charge on any atom is 0.243 e. The summed E-state index contributed by atoms with van der Waals surface area (Å²) < 4.78 is 11.7. The van der Waals surface area contributed by atoms with Crippen LogP contribution in [-0.4, -0.2) is 64.4 Å². The number of carbonyl (C=O) groups excluding carboxylic acids is 1. The lowest BCUT2D eigenvalue weighted by Crippen LogP contribution is -2.68. The summed E-state index contributed by atoms with van der Waals surface area (Å²) in [6.07, 6.45) is 4.22. The Kier molecular flexibility index (Phi) is 6.01. The van der Waals surface area contributed by atoms with Crippen LogP contribution in [0.5, 0.6) is 23.0 Å². The van der Waals surface area contributed by atoms with Crippen LogP contribution in [0.4, 0.5) is 0 Å². The monoisotopic (exact) mass is 530 g/mol. The van der Waals surface area contributed by atoms with E-state index in [-0.39, 0.29) is 43.1 Å². The first-order chi connectivity index (χ1) is 18.7. The summed E-state index contributed by atoms with van der Waals surface area (Å²) >= 11 is 0. The van der Waals surface area contributed by atoms with Gasteiger partial charge in [-0.2, -0.15) is 5.26 Å². The second-order valence-electron chi connectivity index (χ2n) is 11.1. The molecule has 9 heteroatoms. The summed E-state index contributed by atoms with van der Waals surface area (Å²) in [6.45, 7) is 7.79. The highest BCUT2D eigenvalue weighted by Gasteiger charge is 2.56. The number of phenolic OH excluding ortho intramolecular Hbond substituents is 2. The van der Waals surface area contributed by atoms with E-state index in [0.717, 1.165) is 33.4 Å². The molecule has 204 valence electrons. The Morgan fingerprint density at radius 3 is 2.59 bits per heavy atom. The van der Waals surface area contributed by atoms with Crippen LogP contribution in [0.25, 0.3) is 0 Å². The van der Waals surface area contributed by atoms with Gasteiger partial charge in [-0.05, 0) is 70.4 Å². The molecule has 2 aromatic carbocycles. The number of likely N-dealkylation sites (N-methyl/N-ethyl adjacent to an activating group) is 1. The minimum Gasteiger partial charge on any atom is -0.507 e. The van der Waals surface area contributed by atoms with E-state index in [1.807, 2.05) is 27.8 Å². The molecule has 6 rings (SSSR count). The molecule has 2 bridgehead atoms. The zero-order valence-electron chi connectivity index (χ0n) is 22.9. The lowest BCUT2D eigenvalue weighted by molar-refractivity contribution is -0.117. The van der Waals surface area contributed by atoms with Crippen LogP contribution >= 0.6 is 0 Å². The summed E-state index contributed by atoms with van der Waals surface area (Å²) in [5.74, 6) is 1.29. The standard InChI is InChI=1S/C30H34N4O5/c1-6-7-23(35)32-12-22-25-18(27(36)16(4)29-30(25)39-13-38-29)10-20-26-24-17(8-14(2)15(3)28(24)37)9-19(33(26)5)21(11-31)34(20)22/h6-8,19-22,26,36-37H,9-10,12-13H2,1-5H3,(H,32,35)/b7-6+/t19-,20?,21-,22-,26-/m0/s1. The van der Waals surface area contributed by atoms with E-state index in [9.17, 15) is 20.3 Å². The van der Waals surface area contributed by atoms with Crippen LogP contribution in [-0.2, 0) is 17.6 Å². The highest BCUT2D eigenvalue weighted by atomic mass is 16.7. The van der Waals surface area contributed by atoms with Crippen LogP contribution in [0.2, 0.25) is 0 Å². The molecular weight excluding hydrogens is 496 g/mol. The first-order valence-electron chi connectivity index (χ1n) is 13.4. The van der Waals surface area contributed by atoms with Crippen molar-refractivity contribution >= 4 is 5.91 Å². The van der Waals surface area contributed by atoms with Gasteiger partial charge in [-0.25, -0.2) is 0 Å². The number of amides is 1. The summed E-state index contributed by atoms with van der Waals surface area (Å²) in [5, 5.41) is 36.5. The average molecular weight is 531 g/mol. The summed E-state index contributed by atoms with van der Waals surface area (Å²) in [7, 11) is 2.03. The lowest BCUT2D eigenvalue weighted by atomic mass is 9.71. The maximum absolute atomic E-state index is 12.6. The number of phenols is 2. The highest BCUT2D eigenvalue weighted by Crippen LogP contribution is 2.57. The third-order valence-electron chi connectivity index (χ3n) is 9.25. The third kappa shape index (κ3) is 3.55. The fourth-order valence-corrected chi connectivity index (χ4v) is 7.32. The van der Waals surface area contributed by atoms with Crippen molar-refractivity contribution in [3.8, 4) is 29.1 Å². The predicted octanol–water partition coefficient (Wildman–Crippen LogP) is 3.22. The quantitative estimate of drug-likeness (QED) is 0.518. The molecule has 1 saturated heterocycles. The zero-order chi connectivity index (χ0) is 27.7. The number of ether oxygens (including phenoxy) is 2. The van der Waals surface area contributed by atoms with Crippen molar-refractivity contribution in [2.75, 3.05) is 20.4 Å². The van der Waals surface area contributed by atoms with Gasteiger partial charge in [0.15, 0.2) is 11.5 Å². The van der Waals surface area contributed by atoms with Crippen LogP contribution in [0, 0.1) is 32.1 Å². The van der Waals surface area contributed by atoms with Crippen molar-refractivity contribution in [2.24, 2.45) is 0 Å². The maximum atomic E-state index is 12.6. The van der Waals surface area contributed by atoms with Gasteiger partial charge >= 0.3 is 0 Å². The van der Waals surface area contributed by atoms with Crippen LogP contribution in [0.3, 0.4) is 0 Å². The van der Waals surface area contributed by atoms with E-state index in [4.69, 9.17) is 9.47 Å². The van der Waals surface area contributed by atoms with Crippen molar-refractivity contribution < 1.29 is 24.5 Å². The third-order valence-corrected chi connectivity index (χ3v) is 9.25. The van der Waals surface area contributed by atoms with Crippen LogP contribution in [0.15, 0.2) is 18.2 Å². The normalized spacial score (nSPS) is 27.0. The molecule has 1 unspecified atom stereocenters. The predicted molar refractivity (Wildman–Crippen MR) is 144 cm³/mol. The van der Waals surface area contributed by atoms with Gasteiger partial charge in [0.1, 0.15) is 17.5 Å². The SMILES string of the molecule is C/C=C/C(=O)NC[C@H]1c2c(c(O)c(C)c3c2OCO3)CC2[C@H]3c4c(cc(C)c(C)c4O)C[C@@H]([C@H](C#N)N21)N3C. The molecule has 4 heterocycles. The number of aromatic hydroxyl groups is 2. The van der Waals surface area contributed by atoms with E-state index in [1.54, 1.807) is 13.0 Å². The Hall–Kier alpha value is -3.74. The van der Waals surface area contributed by atoms with Gasteiger partial charge in [-0.15, -0.1) is 0 Å². The molecular formula is C30H34N4O5. The van der Waals surface area contributed by atoms with E-state index >= 15 is 0 Å². The number of nitriles is 1. The van der Waals surface area contributed by atoms with Gasteiger partial charge in [-0.1, -0.05) is 12.1 Å². The Labute approximate surface area is 228 Å². The van der Waals surface area contributed by atoms with E-state index in [1.165, 1.54) is 6.08 Å². The summed E-state index contributed by atoms with van der Waals surface area (Å²) in [6, 6.07) is 3.21. The number of hydrogen-bond acceptors (Lipinski definition) is 8. The molecule has 0 radical (unpaired) electrons. The van der Waals surface area contributed by atoms with Gasteiger partial charge in [-0.3, -0.25) is 14.6 Å². The topological polar surface area (TPSA) is 118 Å². The molecule has 1 amide bonds. The van der Waals surface area contributed by atoms with Crippen LogP contribution in [0.1, 0.15) is 58.0 Å². The number of allylic oxidation sites excluding steroid dienone is 1. The second kappa shape index (κ2) is 9.18. The molecule has 4 aliphatic rings. The molecule has 0 aliphatic carbocycles. The van der Waals surface area contributed by atoms with Crippen molar-refractivity contribution in [1.29, 1.82) is 5.26 Å². The molecule has 9 nitrogen and oxygen atoms in total. The Balaban J connectivity index is 1.58. The van der Waals surface area contributed by atoms with Crippen molar-refractivity contribution in [2.45, 2.75) is 70.7 Å². The smallest absolute Gasteiger partial charge is 0.243 e. The number of fused-ring (bicyclic) bond motifs is 9. The van der Waals surface area contributed by atoms with Crippen molar-refractivity contribution in [3.63, 3.8) is 0 Å². The fourth-order valence-electron chi connectivity index (χ4n) is 7.32. The van der Waals surface area contributed by atoms with Gasteiger partial charge in [0.25, 0.3) is 0 Å². The lowest BCUT2D eigenvalue weighted by Gasteiger charge is -2.60. The van der Waals surface area contributed by atoms with E-state index in [0.29, 0.717) is 35.7 Å². The number of benzene rings is 2. The molecule has 0 saturated carbocycles. The first kappa shape index (κ1) is 25.5. The molecule has 5 atom stereocenters. The molecule has 3 N–H and O–H groups in total. The number of piperazine rings is 1. The van der Waals surface area contributed by atoms with Gasteiger partial charge in [0.2, 0.25) is 12.7 Å². The number of hydrogen-bond donors (Lipinski definition) is 3. The largest absolute Gasteiger partial charge is 0.507 e. The Morgan fingerprint density at radius 2 is 1.87 bits per heavy atom. The molecule has 39 heavy (non-hydrogen) atoms. The van der Waals surface area contributed by atoms with Gasteiger partial charge in [0.05, 0.1) is 18.2 Å². The van der Waals surface area contributed by atoms with Crippen molar-refractivity contribution in [3.05, 3.63) is 57.2 Å². The van der Waals surface area contributed by atoms with Gasteiger partial charge in [0, 0.05) is 40.9 Å². The zero-order valence-corrected chi connectivity index (χ0v) is 22.9. The minimum absolute atomic E-state index is 0.0443. The number of nitrogens with zero attached hydrogens (tertiary/aromatic N) is 3. The van der Waals surface area contributed by atoms with E-state index in [2.05, 4.69) is 27.3 Å². The number of rotatable bonds is 3. The van der Waals surface area contributed by atoms with Crippen molar-refractivity contribution in [1.82, 2.24) is 15.1 Å². The molecule has 1 fully saturated rings. The molecule has 2 aromatic rings. The molecule has 0 spiro atoms. The Bertz CT molecular complexity index is 1460. The number of carbonyl (C=O) groups is 1. The molecule has 0 aromatic heterocycles. The Morgan fingerprint density at radius 1 is 1.13 bits per heavy atom.